The fraction of sp³-hybridized carbons (Fsp3) is 0.231. The van der Waals surface area contributed by atoms with E-state index in [2.05, 4.69) is 29.2 Å². The first-order valence-electron chi connectivity index (χ1n) is 11.2. The predicted octanol–water partition coefficient (Wildman–Crippen LogP) is 4.72. The van der Waals surface area contributed by atoms with Crippen LogP contribution in [0.2, 0.25) is 0 Å². The lowest BCUT2D eigenvalue weighted by molar-refractivity contribution is 0.0977. The molecule has 0 bridgehead atoms. The number of benzene rings is 3. The van der Waals surface area contributed by atoms with Gasteiger partial charge in [0.25, 0.3) is 5.91 Å². The van der Waals surface area contributed by atoms with E-state index in [0.29, 0.717) is 29.5 Å². The number of thiocarbonyl (C=S) groups is 1. The molecule has 9 heteroatoms. The molecular formula is C26H29N3O4S2. The van der Waals surface area contributed by atoms with Crippen LogP contribution in [-0.2, 0) is 16.6 Å². The molecular weight excluding hydrogens is 482 g/mol. The van der Waals surface area contributed by atoms with E-state index in [4.69, 9.17) is 17.0 Å². The van der Waals surface area contributed by atoms with Gasteiger partial charge in [-0.15, -0.1) is 0 Å². The quantitative estimate of drug-likeness (QED) is 0.341. The lowest BCUT2D eigenvalue weighted by Gasteiger charge is -2.12. The summed E-state index contributed by atoms with van der Waals surface area (Å²) in [6.45, 7) is 5.02. The molecule has 3 aromatic rings. The molecule has 0 aliphatic carbocycles. The largest absolute Gasteiger partial charge is 0.494 e. The molecule has 3 rings (SSSR count). The maximum atomic E-state index is 12.6. The van der Waals surface area contributed by atoms with Crippen LogP contribution in [0.4, 0.5) is 5.69 Å². The Bertz CT molecular complexity index is 1250. The molecule has 0 spiro atoms. The maximum Gasteiger partial charge on any atom is 0.257 e. The Labute approximate surface area is 212 Å². The average molecular weight is 512 g/mol. The van der Waals surface area contributed by atoms with Crippen LogP contribution < -0.4 is 20.1 Å². The van der Waals surface area contributed by atoms with Crippen molar-refractivity contribution >= 4 is 38.9 Å². The van der Waals surface area contributed by atoms with Crippen LogP contribution in [0.25, 0.3) is 0 Å². The van der Waals surface area contributed by atoms with Gasteiger partial charge in [0, 0.05) is 17.8 Å². The van der Waals surface area contributed by atoms with Crippen LogP contribution in [0, 0.1) is 5.92 Å². The number of hydrogen-bond donors (Lipinski definition) is 3. The topological polar surface area (TPSA) is 96.5 Å². The van der Waals surface area contributed by atoms with Gasteiger partial charge in [0.05, 0.1) is 11.5 Å². The molecule has 1 amide bonds. The Balaban J connectivity index is 1.53. The summed E-state index contributed by atoms with van der Waals surface area (Å²) in [5.41, 5.74) is 1.83. The minimum absolute atomic E-state index is 0.0962. The first kappa shape index (κ1) is 26.3. The third-order valence-corrected chi connectivity index (χ3v) is 6.64. The van der Waals surface area contributed by atoms with Gasteiger partial charge in [0.15, 0.2) is 5.11 Å². The number of hydrogen-bond acceptors (Lipinski definition) is 5. The number of sulfonamides is 1. The van der Waals surface area contributed by atoms with Gasteiger partial charge in [-0.1, -0.05) is 50.2 Å². The summed E-state index contributed by atoms with van der Waals surface area (Å²) in [5, 5.41) is 5.61. The zero-order valence-corrected chi connectivity index (χ0v) is 21.3. The Kier molecular flexibility index (Phi) is 9.36. The number of amides is 1. The Hall–Kier alpha value is -3.27. The zero-order chi connectivity index (χ0) is 25.3. The van der Waals surface area contributed by atoms with Gasteiger partial charge in [-0.3, -0.25) is 10.1 Å². The van der Waals surface area contributed by atoms with E-state index < -0.39 is 10.0 Å². The number of rotatable bonds is 10. The van der Waals surface area contributed by atoms with Crippen molar-refractivity contribution in [3.8, 4) is 5.75 Å². The van der Waals surface area contributed by atoms with Crippen LogP contribution in [-0.4, -0.2) is 26.0 Å². The Morgan fingerprint density at radius 1 is 0.971 bits per heavy atom. The van der Waals surface area contributed by atoms with Crippen LogP contribution in [0.1, 0.15) is 36.2 Å². The molecule has 0 aliphatic heterocycles. The van der Waals surface area contributed by atoms with Crippen molar-refractivity contribution in [1.29, 1.82) is 0 Å². The van der Waals surface area contributed by atoms with Crippen LogP contribution in [0.3, 0.4) is 0 Å². The average Bonchev–Trinajstić information content (AvgIpc) is 2.84. The van der Waals surface area contributed by atoms with E-state index >= 15 is 0 Å². The zero-order valence-electron chi connectivity index (χ0n) is 19.7. The molecule has 0 saturated carbocycles. The smallest absolute Gasteiger partial charge is 0.257 e. The van der Waals surface area contributed by atoms with E-state index in [1.54, 1.807) is 36.4 Å². The molecule has 3 aromatic carbocycles. The number of carbonyl (C=O) groups excluding carboxylic acids is 1. The first-order chi connectivity index (χ1) is 16.7. The molecule has 7 nitrogen and oxygen atoms in total. The Morgan fingerprint density at radius 3 is 2.37 bits per heavy atom. The monoisotopic (exact) mass is 511 g/mol. The van der Waals surface area contributed by atoms with E-state index in [1.165, 1.54) is 12.1 Å². The molecule has 35 heavy (non-hydrogen) atoms. The van der Waals surface area contributed by atoms with Crippen molar-refractivity contribution in [2.75, 3.05) is 11.9 Å². The second-order valence-corrected chi connectivity index (χ2v) is 10.5. The summed E-state index contributed by atoms with van der Waals surface area (Å²) >= 11 is 5.24. The van der Waals surface area contributed by atoms with Gasteiger partial charge in [0.1, 0.15) is 5.75 Å². The predicted molar refractivity (Wildman–Crippen MR) is 142 cm³/mol. The van der Waals surface area contributed by atoms with Gasteiger partial charge in [-0.05, 0) is 72.6 Å². The molecule has 0 aliphatic rings. The number of nitrogens with one attached hydrogen (secondary N) is 3. The molecule has 0 fully saturated rings. The summed E-state index contributed by atoms with van der Waals surface area (Å²) in [4.78, 5) is 12.7. The number of carbonyl (C=O) groups is 1. The minimum Gasteiger partial charge on any atom is -0.494 e. The van der Waals surface area contributed by atoms with Crippen molar-refractivity contribution in [3.05, 3.63) is 90.0 Å². The standard InChI is InChI=1S/C26H29N3O4S2/c1-19(2)15-16-33-23-10-6-9-21(17-23)25(30)29-26(34)28-22-11-13-24(14-12-22)35(31,32)27-18-20-7-4-3-5-8-20/h3-14,17,19,27H,15-16,18H2,1-2H3,(H2,28,29,30,34). The third-order valence-electron chi connectivity index (χ3n) is 5.02. The SMILES string of the molecule is CC(C)CCOc1cccc(C(=O)NC(=S)Nc2ccc(S(=O)(=O)NCc3ccccc3)cc2)c1. The van der Waals surface area contributed by atoms with Crippen LogP contribution >= 0.6 is 12.2 Å². The maximum absolute atomic E-state index is 12.6. The van der Waals surface area contributed by atoms with E-state index in [1.807, 2.05) is 30.3 Å². The van der Waals surface area contributed by atoms with Crippen LogP contribution in [0.5, 0.6) is 5.75 Å². The fourth-order valence-corrected chi connectivity index (χ4v) is 4.28. The number of ether oxygens (including phenoxy) is 1. The highest BCUT2D eigenvalue weighted by Gasteiger charge is 2.14. The van der Waals surface area contributed by atoms with Gasteiger partial charge < -0.3 is 10.1 Å². The molecule has 0 radical (unpaired) electrons. The second kappa shape index (κ2) is 12.4. The normalized spacial score (nSPS) is 11.2. The van der Waals surface area contributed by atoms with Crippen LogP contribution in [0.15, 0.2) is 83.8 Å². The fourth-order valence-electron chi connectivity index (χ4n) is 3.05. The minimum atomic E-state index is -3.67. The van der Waals surface area contributed by atoms with E-state index in [0.717, 1.165) is 12.0 Å². The van der Waals surface area contributed by atoms with Crippen molar-refractivity contribution < 1.29 is 17.9 Å². The summed E-state index contributed by atoms with van der Waals surface area (Å²) in [6, 6.07) is 22.3. The third kappa shape index (κ3) is 8.47. The highest BCUT2D eigenvalue weighted by Crippen LogP contribution is 2.16. The lowest BCUT2D eigenvalue weighted by atomic mass is 10.1. The molecule has 3 N–H and O–H groups in total. The summed E-state index contributed by atoms with van der Waals surface area (Å²) in [7, 11) is -3.67. The molecule has 0 aromatic heterocycles. The van der Waals surface area contributed by atoms with Gasteiger partial charge in [-0.25, -0.2) is 13.1 Å². The van der Waals surface area contributed by atoms with Crippen molar-refractivity contribution in [1.82, 2.24) is 10.0 Å². The summed E-state index contributed by atoms with van der Waals surface area (Å²) in [5.74, 6) is 0.778. The van der Waals surface area contributed by atoms with E-state index in [-0.39, 0.29) is 22.5 Å². The highest BCUT2D eigenvalue weighted by molar-refractivity contribution is 7.89. The van der Waals surface area contributed by atoms with Gasteiger partial charge >= 0.3 is 0 Å². The Morgan fingerprint density at radius 2 is 1.69 bits per heavy atom. The van der Waals surface area contributed by atoms with Crippen molar-refractivity contribution in [3.63, 3.8) is 0 Å². The molecule has 0 unspecified atom stereocenters. The highest BCUT2D eigenvalue weighted by atomic mass is 32.2. The molecule has 0 saturated heterocycles. The molecule has 0 heterocycles. The summed E-state index contributed by atoms with van der Waals surface area (Å²) < 4.78 is 33.4. The molecule has 0 atom stereocenters. The van der Waals surface area contributed by atoms with E-state index in [9.17, 15) is 13.2 Å². The van der Waals surface area contributed by atoms with Gasteiger partial charge in [0.2, 0.25) is 10.0 Å². The second-order valence-electron chi connectivity index (χ2n) is 8.30. The van der Waals surface area contributed by atoms with Gasteiger partial charge in [-0.2, -0.15) is 0 Å². The molecule has 184 valence electrons. The summed E-state index contributed by atoms with van der Waals surface area (Å²) in [6.07, 6.45) is 0.924. The first-order valence-corrected chi connectivity index (χ1v) is 13.1. The van der Waals surface area contributed by atoms with Crippen molar-refractivity contribution in [2.24, 2.45) is 5.92 Å². The van der Waals surface area contributed by atoms with Crippen molar-refractivity contribution in [2.45, 2.75) is 31.7 Å². The number of anilines is 1. The lowest BCUT2D eigenvalue weighted by Crippen LogP contribution is -2.34.